The fourth-order valence-electron chi connectivity index (χ4n) is 6.13. The predicted octanol–water partition coefficient (Wildman–Crippen LogP) is 6.72. The Hall–Kier alpha value is -3.55. The Morgan fingerprint density at radius 3 is 2.66 bits per heavy atom. The summed E-state index contributed by atoms with van der Waals surface area (Å²) in [5.41, 5.74) is 4.20. The van der Waals surface area contributed by atoms with E-state index in [4.69, 9.17) is 25.5 Å². The minimum absolute atomic E-state index is 0.0220. The van der Waals surface area contributed by atoms with Crippen LogP contribution in [0.1, 0.15) is 30.0 Å². The first-order valence-electron chi connectivity index (χ1n) is 12.9. The number of ether oxygens (including phenoxy) is 2. The molecule has 1 aliphatic carbocycles. The molecule has 194 valence electrons. The monoisotopic (exact) mass is 533 g/mol. The van der Waals surface area contributed by atoms with Crippen LogP contribution in [0.5, 0.6) is 11.5 Å². The number of aliphatic carboxylic acids is 1. The Morgan fingerprint density at radius 1 is 1.03 bits per heavy atom. The predicted molar refractivity (Wildman–Crippen MR) is 141 cm³/mol. The van der Waals surface area contributed by atoms with E-state index in [-0.39, 0.29) is 23.4 Å². The Morgan fingerprint density at radius 2 is 1.84 bits per heavy atom. The van der Waals surface area contributed by atoms with Gasteiger partial charge in [-0.1, -0.05) is 29.8 Å². The molecule has 0 bridgehead atoms. The number of fused-ring (bicyclic) bond motifs is 3. The van der Waals surface area contributed by atoms with E-state index < -0.39 is 5.97 Å². The average Bonchev–Trinajstić information content (AvgIpc) is 3.67. The van der Waals surface area contributed by atoms with Gasteiger partial charge in [-0.2, -0.15) is 0 Å². The van der Waals surface area contributed by atoms with Gasteiger partial charge in [0.15, 0.2) is 22.9 Å². The maximum atomic E-state index is 15.7. The fourth-order valence-corrected chi connectivity index (χ4v) is 6.46. The van der Waals surface area contributed by atoms with E-state index >= 15 is 4.39 Å². The molecule has 3 aromatic carbocycles. The summed E-state index contributed by atoms with van der Waals surface area (Å²) in [4.78, 5) is 13.6. The van der Waals surface area contributed by atoms with Crippen LogP contribution >= 0.6 is 11.6 Å². The molecule has 0 saturated carbocycles. The molecular formula is C30H25ClFNO5. The van der Waals surface area contributed by atoms with E-state index in [2.05, 4.69) is 4.90 Å². The number of carboxylic acids is 1. The maximum Gasteiger partial charge on any atom is 0.307 e. The molecule has 1 aromatic heterocycles. The smallest absolute Gasteiger partial charge is 0.307 e. The first-order valence-corrected chi connectivity index (χ1v) is 13.3. The molecule has 3 heterocycles. The highest BCUT2D eigenvalue weighted by molar-refractivity contribution is 6.36. The molecule has 0 radical (unpaired) electrons. The van der Waals surface area contributed by atoms with Gasteiger partial charge in [0.2, 0.25) is 0 Å². The second-order valence-corrected chi connectivity index (χ2v) is 10.6. The summed E-state index contributed by atoms with van der Waals surface area (Å²) in [6, 6.07) is 15.3. The van der Waals surface area contributed by atoms with E-state index in [1.807, 2.05) is 48.5 Å². The zero-order valence-electron chi connectivity index (χ0n) is 20.5. The third-order valence-corrected chi connectivity index (χ3v) is 8.45. The van der Waals surface area contributed by atoms with Crippen molar-refractivity contribution in [3.05, 3.63) is 70.5 Å². The van der Waals surface area contributed by atoms with Crippen molar-refractivity contribution in [3.8, 4) is 33.9 Å². The van der Waals surface area contributed by atoms with Crippen LogP contribution in [-0.4, -0.2) is 42.3 Å². The lowest BCUT2D eigenvalue weighted by atomic mass is 10.0. The van der Waals surface area contributed by atoms with Crippen molar-refractivity contribution in [1.82, 2.24) is 4.90 Å². The van der Waals surface area contributed by atoms with Gasteiger partial charge < -0.3 is 19.0 Å². The maximum absolute atomic E-state index is 15.7. The number of likely N-dealkylation sites (tertiary alicyclic amines) is 1. The molecule has 8 heteroatoms. The van der Waals surface area contributed by atoms with Crippen molar-refractivity contribution < 1.29 is 28.2 Å². The van der Waals surface area contributed by atoms with Gasteiger partial charge >= 0.3 is 5.97 Å². The van der Waals surface area contributed by atoms with Crippen LogP contribution in [0, 0.1) is 11.7 Å². The van der Waals surface area contributed by atoms with Crippen molar-refractivity contribution >= 4 is 28.5 Å². The Labute approximate surface area is 223 Å². The van der Waals surface area contributed by atoms with E-state index in [1.165, 1.54) is 0 Å². The van der Waals surface area contributed by atoms with E-state index in [9.17, 15) is 9.90 Å². The number of nitrogens with zero attached hydrogens (tertiary/aromatic N) is 1. The number of carbonyl (C=O) groups is 1. The molecule has 0 amide bonds. The van der Waals surface area contributed by atoms with Crippen molar-refractivity contribution in [3.63, 3.8) is 0 Å². The van der Waals surface area contributed by atoms with Crippen LogP contribution in [0.3, 0.4) is 0 Å². The standard InChI is InChI=1S/C30H25ClFNO5/c31-27-19(16-4-7-24-26(13-16)37-11-10-36-24)2-1-3-21(27)25-14-18-12-22-20(28(32)29(18)38-25)5-6-23(22)33-9-8-17(15-33)30(34)35/h1-4,7,12-14,17,23H,5-6,8-11,15H2,(H,34,35)/t17-,23-/m1/s1. The van der Waals surface area contributed by atoms with Gasteiger partial charge in [0.25, 0.3) is 0 Å². The molecule has 0 unspecified atom stereocenters. The van der Waals surface area contributed by atoms with Crippen molar-refractivity contribution in [2.45, 2.75) is 25.3 Å². The number of hydrogen-bond acceptors (Lipinski definition) is 5. The van der Waals surface area contributed by atoms with Crippen molar-refractivity contribution in [2.75, 3.05) is 26.3 Å². The molecule has 2 aliphatic heterocycles. The number of benzene rings is 3. The topological polar surface area (TPSA) is 72.1 Å². The Bertz CT molecular complexity index is 1600. The van der Waals surface area contributed by atoms with Crippen LogP contribution in [0.15, 0.2) is 52.9 Å². The zero-order chi connectivity index (χ0) is 26.0. The molecule has 1 N–H and O–H groups in total. The molecular weight excluding hydrogens is 509 g/mol. The summed E-state index contributed by atoms with van der Waals surface area (Å²) < 4.78 is 33.2. The Balaban J connectivity index is 1.25. The molecule has 3 aliphatic rings. The number of furan rings is 1. The minimum atomic E-state index is -0.762. The van der Waals surface area contributed by atoms with Crippen molar-refractivity contribution in [2.24, 2.45) is 5.92 Å². The fraction of sp³-hybridized carbons (Fsp3) is 0.300. The third kappa shape index (κ3) is 3.76. The highest BCUT2D eigenvalue weighted by Crippen LogP contribution is 2.45. The summed E-state index contributed by atoms with van der Waals surface area (Å²) in [6.45, 7) is 2.23. The summed E-state index contributed by atoms with van der Waals surface area (Å²) in [5, 5.41) is 10.6. The quantitative estimate of drug-likeness (QED) is 0.314. The summed E-state index contributed by atoms with van der Waals surface area (Å²) >= 11 is 6.90. The SMILES string of the molecule is O=C(O)[C@@H]1CCN([C@@H]2CCc3c2cc2cc(-c4cccc(-c5ccc6c(c5)OCCO6)c4Cl)oc2c3F)C1. The molecule has 7 rings (SSSR count). The first kappa shape index (κ1) is 23.6. The summed E-state index contributed by atoms with van der Waals surface area (Å²) in [7, 11) is 0. The number of rotatable bonds is 4. The normalized spacial score (nSPS) is 20.7. The molecule has 4 aromatic rings. The first-order chi connectivity index (χ1) is 18.5. The summed E-state index contributed by atoms with van der Waals surface area (Å²) in [6.07, 6.45) is 2.01. The highest BCUT2D eigenvalue weighted by Gasteiger charge is 2.37. The van der Waals surface area contributed by atoms with Gasteiger partial charge in [0, 0.05) is 29.1 Å². The van der Waals surface area contributed by atoms with Crippen LogP contribution < -0.4 is 9.47 Å². The second kappa shape index (κ2) is 9.03. The van der Waals surface area contributed by atoms with E-state index in [0.29, 0.717) is 77.9 Å². The number of halogens is 2. The van der Waals surface area contributed by atoms with Crippen LogP contribution in [0.2, 0.25) is 5.02 Å². The van der Waals surface area contributed by atoms with Gasteiger partial charge in [-0.05, 0) is 72.8 Å². The average molecular weight is 534 g/mol. The van der Waals surface area contributed by atoms with Gasteiger partial charge in [0.05, 0.1) is 10.9 Å². The van der Waals surface area contributed by atoms with Gasteiger partial charge in [-0.15, -0.1) is 0 Å². The highest BCUT2D eigenvalue weighted by atomic mass is 35.5. The number of carboxylic acid groups (broad SMARTS) is 1. The molecule has 0 spiro atoms. The van der Waals surface area contributed by atoms with Gasteiger partial charge in [0.1, 0.15) is 19.0 Å². The number of hydrogen-bond donors (Lipinski definition) is 1. The van der Waals surface area contributed by atoms with Crippen molar-refractivity contribution in [1.29, 1.82) is 0 Å². The molecule has 2 atom stereocenters. The lowest BCUT2D eigenvalue weighted by molar-refractivity contribution is -0.141. The van der Waals surface area contributed by atoms with Gasteiger partial charge in [-0.25, -0.2) is 4.39 Å². The molecule has 1 saturated heterocycles. The Kier molecular flexibility index (Phi) is 5.60. The van der Waals surface area contributed by atoms with Crippen LogP contribution in [0.25, 0.3) is 33.4 Å². The molecule has 1 fully saturated rings. The van der Waals surface area contributed by atoms with Gasteiger partial charge in [-0.3, -0.25) is 9.69 Å². The van der Waals surface area contributed by atoms with Crippen LogP contribution in [0.4, 0.5) is 4.39 Å². The van der Waals surface area contributed by atoms with Crippen LogP contribution in [-0.2, 0) is 11.2 Å². The molecule has 6 nitrogen and oxygen atoms in total. The lowest BCUT2D eigenvalue weighted by Crippen LogP contribution is -2.26. The van der Waals surface area contributed by atoms with E-state index in [0.717, 1.165) is 23.1 Å². The molecule has 38 heavy (non-hydrogen) atoms. The van der Waals surface area contributed by atoms with E-state index in [1.54, 1.807) is 0 Å². The second-order valence-electron chi connectivity index (χ2n) is 10.2. The largest absolute Gasteiger partial charge is 0.486 e. The third-order valence-electron chi connectivity index (χ3n) is 8.04. The summed E-state index contributed by atoms with van der Waals surface area (Å²) in [5.74, 6) is 0.422. The lowest BCUT2D eigenvalue weighted by Gasteiger charge is -2.24. The zero-order valence-corrected chi connectivity index (χ0v) is 21.3. The minimum Gasteiger partial charge on any atom is -0.486 e.